The van der Waals surface area contributed by atoms with Crippen molar-refractivity contribution in [2.75, 3.05) is 6.54 Å². The minimum atomic E-state index is -0.341. The summed E-state index contributed by atoms with van der Waals surface area (Å²) < 4.78 is 0. The number of nitrogens with one attached hydrogen (secondary N) is 1. The maximum atomic E-state index is 12.4. The van der Waals surface area contributed by atoms with Crippen LogP contribution in [0.5, 0.6) is 0 Å². The Hall–Kier alpha value is -2.66. The van der Waals surface area contributed by atoms with Gasteiger partial charge in [-0.15, -0.1) is 0 Å². The van der Waals surface area contributed by atoms with Gasteiger partial charge in [-0.1, -0.05) is 41.4 Å². The Kier molecular flexibility index (Phi) is 5.61. The SMILES string of the molecule is Cc1ccc2c(c1)C(=O)N(CCC(=O)NC(C)Cc1ccccc1Cl)C2=O. The Bertz CT molecular complexity index is 910. The van der Waals surface area contributed by atoms with Crippen molar-refractivity contribution in [2.45, 2.75) is 32.7 Å². The normalized spacial score (nSPS) is 14.3. The third kappa shape index (κ3) is 4.19. The first-order valence-electron chi connectivity index (χ1n) is 8.86. The van der Waals surface area contributed by atoms with E-state index in [1.807, 2.05) is 38.1 Å². The molecule has 0 aromatic heterocycles. The summed E-state index contributed by atoms with van der Waals surface area (Å²) in [6.45, 7) is 3.83. The lowest BCUT2D eigenvalue weighted by atomic mass is 10.1. The van der Waals surface area contributed by atoms with E-state index in [4.69, 9.17) is 11.6 Å². The third-order valence-electron chi connectivity index (χ3n) is 4.58. The van der Waals surface area contributed by atoms with Gasteiger partial charge in [-0.3, -0.25) is 19.3 Å². The first-order chi connectivity index (χ1) is 12.9. The van der Waals surface area contributed by atoms with Gasteiger partial charge < -0.3 is 5.32 Å². The Balaban J connectivity index is 1.54. The molecule has 0 saturated carbocycles. The summed E-state index contributed by atoms with van der Waals surface area (Å²) in [5.41, 5.74) is 2.69. The van der Waals surface area contributed by atoms with Crippen LogP contribution in [-0.4, -0.2) is 35.2 Å². The number of carbonyl (C=O) groups excluding carboxylic acids is 3. The molecule has 0 fully saturated rings. The smallest absolute Gasteiger partial charge is 0.261 e. The van der Waals surface area contributed by atoms with Gasteiger partial charge in [-0.25, -0.2) is 0 Å². The first-order valence-corrected chi connectivity index (χ1v) is 9.24. The maximum absolute atomic E-state index is 12.4. The molecule has 2 aromatic rings. The van der Waals surface area contributed by atoms with Crippen molar-refractivity contribution in [3.05, 3.63) is 69.7 Å². The van der Waals surface area contributed by atoms with Crippen LogP contribution in [0.4, 0.5) is 0 Å². The number of benzene rings is 2. The molecule has 3 rings (SSSR count). The summed E-state index contributed by atoms with van der Waals surface area (Å²) in [4.78, 5) is 38.2. The van der Waals surface area contributed by atoms with Crippen molar-refractivity contribution < 1.29 is 14.4 Å². The molecule has 0 radical (unpaired) electrons. The maximum Gasteiger partial charge on any atom is 0.261 e. The average molecular weight is 385 g/mol. The van der Waals surface area contributed by atoms with Gasteiger partial charge in [-0.05, 0) is 44.0 Å². The molecule has 5 nitrogen and oxygen atoms in total. The largest absolute Gasteiger partial charge is 0.353 e. The van der Waals surface area contributed by atoms with E-state index in [9.17, 15) is 14.4 Å². The fraction of sp³-hybridized carbons (Fsp3) is 0.286. The number of aryl methyl sites for hydroxylation is 1. The van der Waals surface area contributed by atoms with E-state index in [0.29, 0.717) is 22.6 Å². The highest BCUT2D eigenvalue weighted by molar-refractivity contribution is 6.31. The average Bonchev–Trinajstić information content (AvgIpc) is 2.85. The predicted octanol–water partition coefficient (Wildman–Crippen LogP) is 3.38. The zero-order valence-electron chi connectivity index (χ0n) is 15.3. The van der Waals surface area contributed by atoms with Crippen LogP contribution in [0.3, 0.4) is 0 Å². The lowest BCUT2D eigenvalue weighted by Crippen LogP contribution is -2.38. The van der Waals surface area contributed by atoms with Crippen molar-refractivity contribution in [3.8, 4) is 0 Å². The summed E-state index contributed by atoms with van der Waals surface area (Å²) >= 11 is 6.15. The van der Waals surface area contributed by atoms with E-state index in [0.717, 1.165) is 16.0 Å². The lowest BCUT2D eigenvalue weighted by Gasteiger charge is -2.17. The number of hydrogen-bond acceptors (Lipinski definition) is 3. The molecule has 1 heterocycles. The highest BCUT2D eigenvalue weighted by Gasteiger charge is 2.35. The van der Waals surface area contributed by atoms with Gasteiger partial charge in [0.2, 0.25) is 5.91 Å². The number of rotatable bonds is 6. The molecular formula is C21H21ClN2O3. The summed E-state index contributed by atoms with van der Waals surface area (Å²) in [5, 5.41) is 3.56. The Morgan fingerprint density at radius 2 is 1.81 bits per heavy atom. The molecule has 0 bridgehead atoms. The monoisotopic (exact) mass is 384 g/mol. The van der Waals surface area contributed by atoms with Crippen LogP contribution in [0.1, 0.15) is 45.2 Å². The molecule has 2 aromatic carbocycles. The topological polar surface area (TPSA) is 66.5 Å². The molecule has 0 aliphatic carbocycles. The molecule has 0 saturated heterocycles. The Labute approximate surface area is 163 Å². The van der Waals surface area contributed by atoms with E-state index in [-0.39, 0.29) is 36.7 Å². The van der Waals surface area contributed by atoms with Gasteiger partial charge in [0, 0.05) is 24.0 Å². The number of fused-ring (bicyclic) bond motifs is 1. The molecule has 1 atom stereocenters. The Morgan fingerprint density at radius 3 is 2.56 bits per heavy atom. The van der Waals surface area contributed by atoms with Crippen LogP contribution in [0.25, 0.3) is 0 Å². The van der Waals surface area contributed by atoms with Gasteiger partial charge in [0.15, 0.2) is 0 Å². The van der Waals surface area contributed by atoms with Crippen molar-refractivity contribution in [1.29, 1.82) is 0 Å². The van der Waals surface area contributed by atoms with Gasteiger partial charge >= 0.3 is 0 Å². The van der Waals surface area contributed by atoms with E-state index in [1.165, 1.54) is 0 Å². The van der Waals surface area contributed by atoms with Crippen LogP contribution in [0, 0.1) is 6.92 Å². The minimum Gasteiger partial charge on any atom is -0.353 e. The summed E-state index contributed by atoms with van der Waals surface area (Å²) in [5.74, 6) is -0.884. The van der Waals surface area contributed by atoms with E-state index >= 15 is 0 Å². The molecule has 3 amide bonds. The van der Waals surface area contributed by atoms with Gasteiger partial charge in [0.1, 0.15) is 0 Å². The third-order valence-corrected chi connectivity index (χ3v) is 4.95. The second-order valence-electron chi connectivity index (χ2n) is 6.83. The summed E-state index contributed by atoms with van der Waals surface area (Å²) in [6, 6.07) is 12.6. The summed E-state index contributed by atoms with van der Waals surface area (Å²) in [7, 11) is 0. The van der Waals surface area contributed by atoms with Gasteiger partial charge in [0.05, 0.1) is 11.1 Å². The molecule has 1 unspecified atom stereocenters. The number of carbonyl (C=O) groups is 3. The highest BCUT2D eigenvalue weighted by Crippen LogP contribution is 2.24. The fourth-order valence-corrected chi connectivity index (χ4v) is 3.43. The second kappa shape index (κ2) is 7.92. The number of nitrogens with zero attached hydrogens (tertiary/aromatic N) is 1. The molecule has 140 valence electrons. The van der Waals surface area contributed by atoms with Crippen molar-refractivity contribution in [3.63, 3.8) is 0 Å². The molecule has 6 heteroatoms. The van der Waals surface area contributed by atoms with Crippen LogP contribution in [0.2, 0.25) is 5.02 Å². The number of amides is 3. The Morgan fingerprint density at radius 1 is 1.11 bits per heavy atom. The summed E-state index contributed by atoms with van der Waals surface area (Å²) in [6.07, 6.45) is 0.676. The van der Waals surface area contributed by atoms with Crippen LogP contribution in [0.15, 0.2) is 42.5 Å². The second-order valence-corrected chi connectivity index (χ2v) is 7.23. The van der Waals surface area contributed by atoms with Gasteiger partial charge in [0.25, 0.3) is 11.8 Å². The van der Waals surface area contributed by atoms with Crippen molar-refractivity contribution >= 4 is 29.3 Å². The lowest BCUT2D eigenvalue weighted by molar-refractivity contribution is -0.121. The number of imide groups is 1. The quantitative estimate of drug-likeness (QED) is 0.776. The van der Waals surface area contributed by atoms with Crippen molar-refractivity contribution in [1.82, 2.24) is 10.2 Å². The van der Waals surface area contributed by atoms with Crippen LogP contribution in [-0.2, 0) is 11.2 Å². The van der Waals surface area contributed by atoms with Crippen molar-refractivity contribution in [2.24, 2.45) is 0 Å². The minimum absolute atomic E-state index is 0.0655. The molecule has 1 aliphatic rings. The van der Waals surface area contributed by atoms with Crippen LogP contribution >= 0.6 is 11.6 Å². The molecule has 0 spiro atoms. The van der Waals surface area contributed by atoms with E-state index < -0.39 is 0 Å². The predicted molar refractivity (Wildman–Crippen MR) is 104 cm³/mol. The molecule has 27 heavy (non-hydrogen) atoms. The molecule has 1 N–H and O–H groups in total. The number of halogens is 1. The standard InChI is InChI=1S/C21H21ClN2O3/c1-13-7-8-16-17(11-13)21(27)24(20(16)26)10-9-19(25)23-14(2)12-15-5-3-4-6-18(15)22/h3-8,11,14H,9-10,12H2,1-2H3,(H,23,25). The fourth-order valence-electron chi connectivity index (χ4n) is 3.21. The molecular weight excluding hydrogens is 364 g/mol. The van der Waals surface area contributed by atoms with Gasteiger partial charge in [-0.2, -0.15) is 0 Å². The zero-order valence-corrected chi connectivity index (χ0v) is 16.0. The van der Waals surface area contributed by atoms with E-state index in [2.05, 4.69) is 5.32 Å². The van der Waals surface area contributed by atoms with Crippen LogP contribution < -0.4 is 5.32 Å². The molecule has 1 aliphatic heterocycles. The van der Waals surface area contributed by atoms with E-state index in [1.54, 1.807) is 18.2 Å². The zero-order chi connectivity index (χ0) is 19.6. The number of hydrogen-bond donors (Lipinski definition) is 1. The highest BCUT2D eigenvalue weighted by atomic mass is 35.5. The first kappa shape index (κ1) is 19.1.